The van der Waals surface area contributed by atoms with E-state index >= 15 is 0 Å². The van der Waals surface area contributed by atoms with Crippen LogP contribution in [-0.4, -0.2) is 62.4 Å². The van der Waals surface area contributed by atoms with Gasteiger partial charge in [-0.25, -0.2) is 4.79 Å². The molecule has 1 heterocycles. The summed E-state index contributed by atoms with van der Waals surface area (Å²) in [7, 11) is 5.61. The van der Waals surface area contributed by atoms with Gasteiger partial charge < -0.3 is 28.9 Å². The molecule has 2 unspecified atom stereocenters. The van der Waals surface area contributed by atoms with Crippen molar-refractivity contribution in [2.75, 3.05) is 37.5 Å². The molecular formula is C40H52ClN3O5. The lowest BCUT2D eigenvalue weighted by Gasteiger charge is -2.38. The van der Waals surface area contributed by atoms with Gasteiger partial charge in [0, 0.05) is 43.1 Å². The zero-order valence-electron chi connectivity index (χ0n) is 30.3. The number of nitrogens with zero attached hydrogens (tertiary/aromatic N) is 3. The van der Waals surface area contributed by atoms with Crippen molar-refractivity contribution in [1.82, 2.24) is 4.90 Å². The minimum Gasteiger partial charge on any atom is -0.493 e. The molecule has 2 aliphatic rings. The highest BCUT2D eigenvalue weighted by Crippen LogP contribution is 2.44. The van der Waals surface area contributed by atoms with E-state index in [1.165, 1.54) is 0 Å². The Labute approximate surface area is 297 Å². The predicted molar refractivity (Wildman–Crippen MR) is 197 cm³/mol. The molecule has 1 aliphatic carbocycles. The van der Waals surface area contributed by atoms with E-state index in [0.717, 1.165) is 66.7 Å². The Balaban J connectivity index is 1.34. The summed E-state index contributed by atoms with van der Waals surface area (Å²) < 4.78 is 17.6. The van der Waals surface area contributed by atoms with Crippen molar-refractivity contribution in [3.8, 4) is 11.5 Å². The summed E-state index contributed by atoms with van der Waals surface area (Å²) in [5.74, 6) is 1.85. The number of fused-ring (bicyclic) bond motifs is 1. The number of methoxy groups -OCH3 is 1. The van der Waals surface area contributed by atoms with Crippen LogP contribution in [0.4, 0.5) is 16.2 Å². The molecular weight excluding hydrogens is 638 g/mol. The van der Waals surface area contributed by atoms with Crippen LogP contribution >= 0.6 is 11.6 Å². The van der Waals surface area contributed by atoms with E-state index in [4.69, 9.17) is 25.8 Å². The molecule has 0 saturated heterocycles. The molecule has 0 bridgehead atoms. The lowest BCUT2D eigenvalue weighted by molar-refractivity contribution is -0.118. The maximum atomic E-state index is 14.0. The molecule has 2 amide bonds. The van der Waals surface area contributed by atoms with Gasteiger partial charge in [0.2, 0.25) is 5.91 Å². The monoisotopic (exact) mass is 689 g/mol. The highest BCUT2D eigenvalue weighted by atomic mass is 35.5. The third kappa shape index (κ3) is 8.64. The number of halogens is 1. The normalized spacial score (nSPS) is 19.9. The first-order valence-electron chi connectivity index (χ1n) is 17.5. The number of ether oxygens (including phenoxy) is 3. The van der Waals surface area contributed by atoms with Crippen molar-refractivity contribution in [3.63, 3.8) is 0 Å². The number of rotatable bonds is 10. The van der Waals surface area contributed by atoms with Crippen molar-refractivity contribution in [3.05, 3.63) is 82.4 Å². The molecule has 49 heavy (non-hydrogen) atoms. The van der Waals surface area contributed by atoms with E-state index in [1.54, 1.807) is 12.0 Å². The molecule has 3 aromatic carbocycles. The molecule has 264 valence electrons. The van der Waals surface area contributed by atoms with Crippen LogP contribution in [0, 0.1) is 5.92 Å². The topological polar surface area (TPSA) is 71.6 Å². The van der Waals surface area contributed by atoms with Gasteiger partial charge in [0.25, 0.3) is 0 Å². The predicted octanol–water partition coefficient (Wildman–Crippen LogP) is 9.07. The van der Waals surface area contributed by atoms with Crippen LogP contribution < -0.4 is 19.3 Å². The van der Waals surface area contributed by atoms with Crippen molar-refractivity contribution < 1.29 is 23.8 Å². The fourth-order valence-corrected chi connectivity index (χ4v) is 7.06. The second-order valence-corrected chi connectivity index (χ2v) is 15.0. The minimum absolute atomic E-state index is 0.0133. The lowest BCUT2D eigenvalue weighted by Crippen LogP contribution is -2.43. The molecule has 1 fully saturated rings. The van der Waals surface area contributed by atoms with Gasteiger partial charge in [0.05, 0.1) is 25.7 Å². The fourth-order valence-electron chi connectivity index (χ4n) is 6.93. The van der Waals surface area contributed by atoms with Gasteiger partial charge in [-0.1, -0.05) is 30.7 Å². The maximum Gasteiger partial charge on any atom is 0.410 e. The summed E-state index contributed by atoms with van der Waals surface area (Å²) >= 11 is 6.30. The average Bonchev–Trinajstić information content (AvgIpc) is 3.07. The summed E-state index contributed by atoms with van der Waals surface area (Å²) in [5, 5.41) is 0.643. The van der Waals surface area contributed by atoms with Gasteiger partial charge in [0.15, 0.2) is 11.5 Å². The molecule has 9 heteroatoms. The number of hydrogen-bond acceptors (Lipinski definition) is 6. The average molecular weight is 690 g/mol. The van der Waals surface area contributed by atoms with Gasteiger partial charge in [-0.05, 0) is 131 Å². The largest absolute Gasteiger partial charge is 0.493 e. The summed E-state index contributed by atoms with van der Waals surface area (Å²) in [6, 6.07) is 19.8. The number of hydrogen-bond donors (Lipinski definition) is 0. The Hall–Kier alpha value is -3.91. The highest BCUT2D eigenvalue weighted by Gasteiger charge is 2.36. The Morgan fingerprint density at radius 2 is 1.63 bits per heavy atom. The second-order valence-electron chi connectivity index (χ2n) is 14.6. The number of benzene rings is 3. The van der Waals surface area contributed by atoms with Crippen LogP contribution in [0.25, 0.3) is 0 Å². The maximum absolute atomic E-state index is 14.0. The van der Waals surface area contributed by atoms with Crippen LogP contribution in [0.1, 0.15) is 89.5 Å². The van der Waals surface area contributed by atoms with Crippen molar-refractivity contribution in [2.45, 2.75) is 96.9 Å². The van der Waals surface area contributed by atoms with Gasteiger partial charge in [0.1, 0.15) is 5.60 Å². The second kappa shape index (κ2) is 15.3. The fraction of sp³-hybridized carbons (Fsp3) is 0.500. The van der Waals surface area contributed by atoms with Gasteiger partial charge in [-0.15, -0.1) is 0 Å². The number of carbonyl (C=O) groups excluding carboxylic acids is 2. The lowest BCUT2D eigenvalue weighted by atomic mass is 9.85. The highest BCUT2D eigenvalue weighted by molar-refractivity contribution is 6.30. The first kappa shape index (κ1) is 36.4. The molecule has 1 saturated carbocycles. The number of amides is 2. The summed E-state index contributed by atoms with van der Waals surface area (Å²) in [6.07, 6.45) is 4.92. The molecule has 0 aromatic heterocycles. The van der Waals surface area contributed by atoms with Gasteiger partial charge in [-0.2, -0.15) is 0 Å². The minimum atomic E-state index is -0.497. The summed E-state index contributed by atoms with van der Waals surface area (Å²) in [4.78, 5) is 32.5. The number of carbonyl (C=O) groups is 2. The zero-order valence-corrected chi connectivity index (χ0v) is 31.0. The van der Waals surface area contributed by atoms with E-state index in [9.17, 15) is 9.59 Å². The van der Waals surface area contributed by atoms with Crippen LogP contribution in [0.5, 0.6) is 11.5 Å². The first-order chi connectivity index (χ1) is 23.3. The summed E-state index contributed by atoms with van der Waals surface area (Å²) in [5.41, 5.74) is 4.33. The third-order valence-corrected chi connectivity index (χ3v) is 10.1. The molecule has 0 N–H and O–H groups in total. The van der Waals surface area contributed by atoms with E-state index in [1.807, 2.05) is 88.2 Å². The molecule has 8 nitrogen and oxygen atoms in total. The molecule has 5 rings (SSSR count). The Bertz CT molecular complexity index is 1600. The van der Waals surface area contributed by atoms with Gasteiger partial charge in [-0.3, -0.25) is 4.79 Å². The Morgan fingerprint density at radius 3 is 2.22 bits per heavy atom. The standard InChI is InChI=1S/C40H52ClN3O5/c1-9-26(2)48-36-24-34-29(22-35(36)47-8)23-37(45)44(38(34)28-12-14-30(41)15-13-28)33-20-18-31(19-21-33)42(6)25-27-10-16-32(17-11-27)43(7)39(46)49-40(3,4)5/h12-15,18-22,24,26-27,32,38H,9-11,16-17,23,25H2,1-8H3. The quantitative estimate of drug-likeness (QED) is 0.212. The van der Waals surface area contributed by atoms with E-state index < -0.39 is 5.60 Å². The number of anilines is 2. The van der Waals surface area contributed by atoms with Crippen molar-refractivity contribution in [2.24, 2.45) is 5.92 Å². The van der Waals surface area contributed by atoms with Crippen molar-refractivity contribution in [1.29, 1.82) is 0 Å². The van der Waals surface area contributed by atoms with Crippen LogP contribution in [0.2, 0.25) is 5.02 Å². The molecule has 0 radical (unpaired) electrons. The van der Waals surface area contributed by atoms with E-state index in [0.29, 0.717) is 22.4 Å². The van der Waals surface area contributed by atoms with Crippen LogP contribution in [0.3, 0.4) is 0 Å². The molecule has 0 spiro atoms. The third-order valence-electron chi connectivity index (χ3n) is 9.82. The summed E-state index contributed by atoms with van der Waals surface area (Å²) in [6.45, 7) is 10.8. The SMILES string of the molecule is CCC(C)Oc1cc2c(cc1OC)CC(=O)N(c1ccc(N(C)CC3CCC(N(C)C(=O)OC(C)(C)C)CC3)cc1)C2c1ccc(Cl)cc1. The molecule has 2 atom stereocenters. The first-order valence-corrected chi connectivity index (χ1v) is 17.9. The van der Waals surface area contributed by atoms with Gasteiger partial charge >= 0.3 is 6.09 Å². The Morgan fingerprint density at radius 1 is 0.980 bits per heavy atom. The smallest absolute Gasteiger partial charge is 0.410 e. The van der Waals surface area contributed by atoms with E-state index in [-0.39, 0.29) is 36.6 Å². The Kier molecular flexibility index (Phi) is 11.4. The van der Waals surface area contributed by atoms with Crippen molar-refractivity contribution >= 4 is 35.0 Å². The van der Waals surface area contributed by atoms with Crippen LogP contribution in [-0.2, 0) is 16.0 Å². The van der Waals surface area contributed by atoms with Crippen LogP contribution in [0.15, 0.2) is 60.7 Å². The molecule has 1 aliphatic heterocycles. The molecule has 3 aromatic rings. The zero-order chi connectivity index (χ0) is 35.5. The van der Waals surface area contributed by atoms with E-state index in [2.05, 4.69) is 31.0 Å².